The molecule has 0 fully saturated rings. The number of rotatable bonds is 5. The van der Waals surface area contributed by atoms with Crippen LogP contribution in [0.3, 0.4) is 0 Å². The van der Waals surface area contributed by atoms with Gasteiger partial charge in [-0.2, -0.15) is 0 Å². The molecule has 0 aliphatic rings. The monoisotopic (exact) mass is 130 g/mol. The fourth-order valence-electron chi connectivity index (χ4n) is 0.494. The van der Waals surface area contributed by atoms with E-state index in [2.05, 4.69) is 12.2 Å². The average molecular weight is 130 g/mol. The van der Waals surface area contributed by atoms with Crippen LogP contribution in [0, 0.1) is 0 Å². The van der Waals surface area contributed by atoms with E-state index in [4.69, 9.17) is 5.73 Å². The topological polar surface area (TPSA) is 55.1 Å². The summed E-state index contributed by atoms with van der Waals surface area (Å²) in [5, 5.41) is 2.84. The van der Waals surface area contributed by atoms with Gasteiger partial charge in [-0.05, 0) is 13.0 Å². The number of aldehydes is 1. The lowest BCUT2D eigenvalue weighted by Gasteiger charge is -2.04. The minimum Gasteiger partial charge on any atom is -0.310 e. The quantitative estimate of drug-likeness (QED) is 0.309. The summed E-state index contributed by atoms with van der Waals surface area (Å²) in [6.07, 6.45) is 2.42. The predicted octanol–water partition coefficient (Wildman–Crippen LogP) is -0.140. The summed E-state index contributed by atoms with van der Waals surface area (Å²) in [5.74, 6) is 0. The molecule has 0 aliphatic carbocycles. The van der Waals surface area contributed by atoms with Gasteiger partial charge >= 0.3 is 0 Å². The van der Waals surface area contributed by atoms with Crippen LogP contribution in [0.25, 0.3) is 0 Å². The normalized spacial score (nSPS) is 13.1. The van der Waals surface area contributed by atoms with E-state index >= 15 is 0 Å². The van der Waals surface area contributed by atoms with E-state index in [1.165, 1.54) is 0 Å². The van der Waals surface area contributed by atoms with E-state index in [0.717, 1.165) is 19.4 Å². The summed E-state index contributed by atoms with van der Waals surface area (Å²) >= 11 is 0. The number of unbranched alkanes of at least 4 members (excludes halogenated alkanes) is 1. The highest BCUT2D eigenvalue weighted by molar-refractivity contribution is 5.56. The minimum absolute atomic E-state index is 0.475. The standard InChI is InChI=1S/C6H14N2O/c1-2-3-4-8-6(7)5-9/h5-6,8H,2-4,7H2,1H3. The highest BCUT2D eigenvalue weighted by Gasteiger charge is 1.94. The molecule has 0 aromatic heterocycles. The van der Waals surface area contributed by atoms with Crippen LogP contribution in [0.4, 0.5) is 0 Å². The van der Waals surface area contributed by atoms with E-state index in [9.17, 15) is 4.79 Å². The van der Waals surface area contributed by atoms with Crippen molar-refractivity contribution in [2.75, 3.05) is 6.54 Å². The first-order valence-electron chi connectivity index (χ1n) is 3.25. The van der Waals surface area contributed by atoms with E-state index in [0.29, 0.717) is 6.29 Å². The molecule has 0 rings (SSSR count). The van der Waals surface area contributed by atoms with Crippen LogP contribution >= 0.6 is 0 Å². The van der Waals surface area contributed by atoms with E-state index in [1.54, 1.807) is 0 Å². The van der Waals surface area contributed by atoms with Gasteiger partial charge in [0.05, 0.1) is 0 Å². The second-order valence-electron chi connectivity index (χ2n) is 1.97. The smallest absolute Gasteiger partial charge is 0.151 e. The van der Waals surface area contributed by atoms with Crippen LogP contribution in [0.5, 0.6) is 0 Å². The summed E-state index contributed by atoms with van der Waals surface area (Å²) in [7, 11) is 0. The molecule has 3 heteroatoms. The zero-order valence-corrected chi connectivity index (χ0v) is 5.76. The molecule has 54 valence electrons. The molecule has 0 amide bonds. The van der Waals surface area contributed by atoms with Crippen molar-refractivity contribution < 1.29 is 4.79 Å². The molecule has 0 aromatic carbocycles. The Kier molecular flexibility index (Phi) is 5.46. The lowest BCUT2D eigenvalue weighted by Crippen LogP contribution is -2.39. The molecule has 0 aromatic rings. The van der Waals surface area contributed by atoms with Crippen molar-refractivity contribution in [1.82, 2.24) is 5.32 Å². The summed E-state index contributed by atoms with van der Waals surface area (Å²) in [4.78, 5) is 9.91. The fraction of sp³-hybridized carbons (Fsp3) is 0.833. The van der Waals surface area contributed by atoms with E-state index in [-0.39, 0.29) is 0 Å². The SMILES string of the molecule is CCCCNC(N)C=O. The summed E-state index contributed by atoms with van der Waals surface area (Å²) in [6.45, 7) is 2.92. The average Bonchev–Trinajstić information content (AvgIpc) is 1.89. The van der Waals surface area contributed by atoms with Gasteiger partial charge in [0, 0.05) is 0 Å². The van der Waals surface area contributed by atoms with Crippen molar-refractivity contribution in [1.29, 1.82) is 0 Å². The number of carbonyl (C=O) groups excluding carboxylic acids is 1. The van der Waals surface area contributed by atoms with Gasteiger partial charge in [0.2, 0.25) is 0 Å². The molecule has 0 radical (unpaired) electrons. The third-order valence-electron chi connectivity index (χ3n) is 1.06. The van der Waals surface area contributed by atoms with Crippen LogP contribution in [-0.4, -0.2) is 19.0 Å². The number of nitrogens with one attached hydrogen (secondary N) is 1. The Labute approximate surface area is 55.6 Å². The highest BCUT2D eigenvalue weighted by atomic mass is 16.1. The molecule has 0 bridgehead atoms. The molecular formula is C6H14N2O. The zero-order chi connectivity index (χ0) is 7.11. The van der Waals surface area contributed by atoms with Gasteiger partial charge in [-0.15, -0.1) is 0 Å². The fourth-order valence-corrected chi connectivity index (χ4v) is 0.494. The van der Waals surface area contributed by atoms with Crippen molar-refractivity contribution in [3.8, 4) is 0 Å². The molecule has 3 nitrogen and oxygen atoms in total. The summed E-state index contributed by atoms with van der Waals surface area (Å²) < 4.78 is 0. The Morgan fingerprint density at radius 3 is 2.89 bits per heavy atom. The highest BCUT2D eigenvalue weighted by Crippen LogP contribution is 1.81. The van der Waals surface area contributed by atoms with Crippen molar-refractivity contribution in [2.24, 2.45) is 5.73 Å². The molecule has 0 spiro atoms. The Bertz CT molecular complexity index is 75.5. The first kappa shape index (κ1) is 8.59. The maximum atomic E-state index is 9.91. The number of hydrogen-bond acceptors (Lipinski definition) is 3. The van der Waals surface area contributed by atoms with E-state index < -0.39 is 6.17 Å². The van der Waals surface area contributed by atoms with Crippen LogP contribution < -0.4 is 11.1 Å². The second kappa shape index (κ2) is 5.72. The number of nitrogens with two attached hydrogens (primary N) is 1. The van der Waals surface area contributed by atoms with Crippen molar-refractivity contribution in [3.63, 3.8) is 0 Å². The van der Waals surface area contributed by atoms with Crippen LogP contribution in [0.1, 0.15) is 19.8 Å². The van der Waals surface area contributed by atoms with Crippen molar-refractivity contribution in [3.05, 3.63) is 0 Å². The van der Waals surface area contributed by atoms with Crippen molar-refractivity contribution in [2.45, 2.75) is 25.9 Å². The Balaban J connectivity index is 2.96. The Morgan fingerprint density at radius 2 is 2.44 bits per heavy atom. The third-order valence-corrected chi connectivity index (χ3v) is 1.06. The summed E-state index contributed by atoms with van der Waals surface area (Å²) in [5.41, 5.74) is 5.23. The molecule has 1 unspecified atom stereocenters. The Hall–Kier alpha value is -0.410. The minimum atomic E-state index is -0.475. The van der Waals surface area contributed by atoms with Gasteiger partial charge in [0.25, 0.3) is 0 Å². The van der Waals surface area contributed by atoms with Gasteiger partial charge < -0.3 is 10.5 Å². The molecule has 1 atom stereocenters. The maximum Gasteiger partial charge on any atom is 0.151 e. The van der Waals surface area contributed by atoms with Crippen LogP contribution in [0.2, 0.25) is 0 Å². The maximum absolute atomic E-state index is 9.91. The number of hydrogen-bond donors (Lipinski definition) is 2. The predicted molar refractivity (Wildman–Crippen MR) is 37.0 cm³/mol. The molecule has 9 heavy (non-hydrogen) atoms. The largest absolute Gasteiger partial charge is 0.310 e. The molecule has 0 saturated carbocycles. The molecule has 3 N–H and O–H groups in total. The first-order chi connectivity index (χ1) is 4.31. The van der Waals surface area contributed by atoms with E-state index in [1.807, 2.05) is 0 Å². The second-order valence-corrected chi connectivity index (χ2v) is 1.97. The summed E-state index contributed by atoms with van der Waals surface area (Å²) in [6, 6.07) is 0. The van der Waals surface area contributed by atoms with Crippen molar-refractivity contribution >= 4 is 6.29 Å². The van der Waals surface area contributed by atoms with Gasteiger partial charge in [-0.3, -0.25) is 5.32 Å². The molecular weight excluding hydrogens is 116 g/mol. The van der Waals surface area contributed by atoms with Gasteiger partial charge in [0.1, 0.15) is 6.17 Å². The zero-order valence-electron chi connectivity index (χ0n) is 5.76. The van der Waals surface area contributed by atoms with Gasteiger partial charge in [-0.1, -0.05) is 13.3 Å². The lowest BCUT2D eigenvalue weighted by atomic mass is 10.3. The first-order valence-corrected chi connectivity index (χ1v) is 3.25. The van der Waals surface area contributed by atoms with Crippen LogP contribution in [0.15, 0.2) is 0 Å². The van der Waals surface area contributed by atoms with Gasteiger partial charge in [-0.25, -0.2) is 0 Å². The Morgan fingerprint density at radius 1 is 1.78 bits per heavy atom. The van der Waals surface area contributed by atoms with Gasteiger partial charge in [0.15, 0.2) is 6.29 Å². The molecule has 0 saturated heterocycles. The molecule has 0 aliphatic heterocycles. The lowest BCUT2D eigenvalue weighted by molar-refractivity contribution is -0.109. The molecule has 0 heterocycles. The third kappa shape index (κ3) is 5.46. The van der Waals surface area contributed by atoms with Crippen LogP contribution in [-0.2, 0) is 4.79 Å². The number of carbonyl (C=O) groups is 1.